The van der Waals surface area contributed by atoms with E-state index < -0.39 is 11.0 Å². The zero-order valence-corrected chi connectivity index (χ0v) is 20.9. The van der Waals surface area contributed by atoms with E-state index in [1.807, 2.05) is 66.9 Å². The number of imidazole rings is 1. The Morgan fingerprint density at radius 3 is 2.71 bits per heavy atom. The number of ether oxygens (including phenoxy) is 1. The number of hydrogen-bond acceptors (Lipinski definition) is 5. The highest BCUT2D eigenvalue weighted by Crippen LogP contribution is 2.40. The first-order valence-corrected chi connectivity index (χ1v) is 12.1. The standard InChI is InChI=1S/C28H33N5O2/c1-5-28(13-6-7-14-32(3)26(28)34)22-9-8-10-23(15-22)35-24-16-21(12-11-20(24)17-29)27(2,30)25-18-31-19-33(25)4/h8-12,15-16,18-19H,5-7,13-14,30H2,1-4H3/t27-,28+/m0/s1. The number of nitriles is 1. The average Bonchev–Trinajstić information content (AvgIpc) is 3.24. The smallest absolute Gasteiger partial charge is 0.232 e. The van der Waals surface area contributed by atoms with Gasteiger partial charge in [0.15, 0.2) is 0 Å². The summed E-state index contributed by atoms with van der Waals surface area (Å²) < 4.78 is 8.15. The topological polar surface area (TPSA) is 97.2 Å². The highest BCUT2D eigenvalue weighted by molar-refractivity contribution is 5.88. The molecule has 7 heteroatoms. The van der Waals surface area contributed by atoms with Gasteiger partial charge < -0.3 is 19.9 Å². The number of nitrogens with zero attached hydrogens (tertiary/aromatic N) is 4. The summed E-state index contributed by atoms with van der Waals surface area (Å²) in [6.45, 7) is 4.76. The van der Waals surface area contributed by atoms with Crippen molar-refractivity contribution in [3.8, 4) is 17.6 Å². The lowest BCUT2D eigenvalue weighted by molar-refractivity contribution is -0.135. The van der Waals surface area contributed by atoms with E-state index in [4.69, 9.17) is 10.5 Å². The molecule has 2 aromatic carbocycles. The fourth-order valence-electron chi connectivity index (χ4n) is 5.16. The van der Waals surface area contributed by atoms with E-state index in [9.17, 15) is 10.1 Å². The van der Waals surface area contributed by atoms with Crippen molar-refractivity contribution in [2.24, 2.45) is 12.8 Å². The van der Waals surface area contributed by atoms with E-state index in [0.29, 0.717) is 17.1 Å². The van der Waals surface area contributed by atoms with Gasteiger partial charge in [-0.15, -0.1) is 0 Å². The molecule has 0 unspecified atom stereocenters. The molecular formula is C28H33N5O2. The summed E-state index contributed by atoms with van der Waals surface area (Å²) in [5, 5.41) is 9.73. The predicted octanol–water partition coefficient (Wildman–Crippen LogP) is 4.60. The number of aryl methyl sites for hydroxylation is 1. The number of amides is 1. The summed E-state index contributed by atoms with van der Waals surface area (Å²) in [4.78, 5) is 19.4. The number of carbonyl (C=O) groups excluding carboxylic acids is 1. The van der Waals surface area contributed by atoms with Crippen LogP contribution < -0.4 is 10.5 Å². The van der Waals surface area contributed by atoms with Crippen LogP contribution >= 0.6 is 0 Å². The van der Waals surface area contributed by atoms with E-state index in [1.54, 1.807) is 18.6 Å². The molecule has 1 aliphatic rings. The minimum Gasteiger partial charge on any atom is -0.456 e. The largest absolute Gasteiger partial charge is 0.456 e. The predicted molar refractivity (Wildman–Crippen MR) is 135 cm³/mol. The van der Waals surface area contributed by atoms with Crippen LogP contribution in [0.5, 0.6) is 11.5 Å². The molecule has 2 atom stereocenters. The molecule has 2 heterocycles. The molecule has 4 rings (SSSR count). The van der Waals surface area contributed by atoms with E-state index in [-0.39, 0.29) is 5.91 Å². The highest BCUT2D eigenvalue weighted by Gasteiger charge is 2.41. The van der Waals surface area contributed by atoms with Gasteiger partial charge in [-0.25, -0.2) is 4.98 Å². The molecule has 0 aliphatic carbocycles. The quantitative estimate of drug-likeness (QED) is 0.567. The SMILES string of the molecule is CC[C@]1(c2cccc(Oc3cc([C@](C)(N)c4cncn4C)ccc3C#N)c2)CCCCN(C)C1=O. The molecule has 3 aromatic rings. The van der Waals surface area contributed by atoms with E-state index >= 15 is 0 Å². The molecule has 0 spiro atoms. The normalized spacial score (nSPS) is 20.1. The van der Waals surface area contributed by atoms with Crippen LogP contribution in [0.2, 0.25) is 0 Å². The Morgan fingerprint density at radius 2 is 2.03 bits per heavy atom. The molecule has 0 saturated carbocycles. The van der Waals surface area contributed by atoms with Crippen molar-refractivity contribution in [3.63, 3.8) is 0 Å². The fourth-order valence-corrected chi connectivity index (χ4v) is 5.16. The van der Waals surface area contributed by atoms with Crippen molar-refractivity contribution in [2.45, 2.75) is 50.5 Å². The lowest BCUT2D eigenvalue weighted by Crippen LogP contribution is -2.43. The van der Waals surface area contributed by atoms with Crippen LogP contribution in [0.4, 0.5) is 0 Å². The molecule has 0 bridgehead atoms. The van der Waals surface area contributed by atoms with Crippen LogP contribution in [-0.4, -0.2) is 34.0 Å². The van der Waals surface area contributed by atoms with Crippen LogP contribution in [0.25, 0.3) is 0 Å². The lowest BCUT2D eigenvalue weighted by Gasteiger charge is -2.33. The second-order valence-corrected chi connectivity index (χ2v) is 9.66. The van der Waals surface area contributed by atoms with Crippen LogP contribution in [0, 0.1) is 11.3 Å². The van der Waals surface area contributed by atoms with Gasteiger partial charge in [-0.2, -0.15) is 5.26 Å². The zero-order chi connectivity index (χ0) is 25.2. The van der Waals surface area contributed by atoms with Crippen LogP contribution in [0.15, 0.2) is 55.0 Å². The molecular weight excluding hydrogens is 438 g/mol. The average molecular weight is 472 g/mol. The minimum atomic E-state index is -0.831. The van der Waals surface area contributed by atoms with Crippen LogP contribution in [0.3, 0.4) is 0 Å². The molecule has 2 N–H and O–H groups in total. The van der Waals surface area contributed by atoms with Gasteiger partial charge >= 0.3 is 0 Å². The first-order chi connectivity index (χ1) is 16.7. The maximum atomic E-state index is 13.4. The van der Waals surface area contributed by atoms with Gasteiger partial charge in [0.25, 0.3) is 0 Å². The number of nitrogens with two attached hydrogens (primary N) is 1. The first kappa shape index (κ1) is 24.5. The minimum absolute atomic E-state index is 0.157. The molecule has 1 aliphatic heterocycles. The van der Waals surface area contributed by atoms with Gasteiger partial charge in [0.2, 0.25) is 5.91 Å². The molecule has 1 fully saturated rings. The number of rotatable bonds is 6. The van der Waals surface area contributed by atoms with E-state index in [1.165, 1.54) is 0 Å². The third-order valence-electron chi connectivity index (χ3n) is 7.37. The molecule has 1 saturated heterocycles. The van der Waals surface area contributed by atoms with Gasteiger partial charge in [-0.3, -0.25) is 4.79 Å². The Balaban J connectivity index is 1.72. The Kier molecular flexibility index (Phi) is 6.68. The van der Waals surface area contributed by atoms with Crippen molar-refractivity contribution in [3.05, 3.63) is 77.4 Å². The molecule has 1 amide bonds. The molecule has 7 nitrogen and oxygen atoms in total. The Morgan fingerprint density at radius 1 is 1.23 bits per heavy atom. The van der Waals surface area contributed by atoms with Crippen molar-refractivity contribution in [1.82, 2.24) is 14.5 Å². The van der Waals surface area contributed by atoms with Gasteiger partial charge in [0.1, 0.15) is 17.6 Å². The van der Waals surface area contributed by atoms with Crippen molar-refractivity contribution >= 4 is 5.91 Å². The fraction of sp³-hybridized carbons (Fsp3) is 0.393. The van der Waals surface area contributed by atoms with Gasteiger partial charge in [-0.05, 0) is 61.6 Å². The number of likely N-dealkylation sites (tertiary alicyclic amines) is 1. The third-order valence-corrected chi connectivity index (χ3v) is 7.37. The molecule has 182 valence electrons. The van der Waals surface area contributed by atoms with Crippen molar-refractivity contribution < 1.29 is 9.53 Å². The number of likely N-dealkylation sites (N-methyl/N-ethyl adjacent to an activating group) is 1. The monoisotopic (exact) mass is 471 g/mol. The zero-order valence-electron chi connectivity index (χ0n) is 20.9. The number of carbonyl (C=O) groups is 1. The molecule has 1 aromatic heterocycles. The maximum absolute atomic E-state index is 13.4. The number of hydrogen-bond donors (Lipinski definition) is 1. The second-order valence-electron chi connectivity index (χ2n) is 9.66. The van der Waals surface area contributed by atoms with Gasteiger partial charge in [0.05, 0.1) is 34.7 Å². The van der Waals surface area contributed by atoms with Crippen molar-refractivity contribution in [2.75, 3.05) is 13.6 Å². The lowest BCUT2D eigenvalue weighted by atomic mass is 9.73. The molecule has 0 radical (unpaired) electrons. The summed E-state index contributed by atoms with van der Waals surface area (Å²) in [7, 11) is 3.78. The number of aromatic nitrogens is 2. The van der Waals surface area contributed by atoms with Gasteiger partial charge in [0, 0.05) is 20.6 Å². The number of benzene rings is 2. The Bertz CT molecular complexity index is 1270. The van der Waals surface area contributed by atoms with Gasteiger partial charge in [-0.1, -0.05) is 31.5 Å². The summed E-state index contributed by atoms with van der Waals surface area (Å²) >= 11 is 0. The summed E-state index contributed by atoms with van der Waals surface area (Å²) in [5.74, 6) is 1.17. The highest BCUT2D eigenvalue weighted by atomic mass is 16.5. The Hall–Kier alpha value is -3.63. The molecule has 35 heavy (non-hydrogen) atoms. The van der Waals surface area contributed by atoms with E-state index in [2.05, 4.69) is 18.0 Å². The maximum Gasteiger partial charge on any atom is 0.232 e. The first-order valence-electron chi connectivity index (χ1n) is 12.1. The van der Waals surface area contributed by atoms with Crippen molar-refractivity contribution in [1.29, 1.82) is 5.26 Å². The third kappa shape index (κ3) is 4.42. The summed E-state index contributed by atoms with van der Waals surface area (Å²) in [6.07, 6.45) is 6.99. The van der Waals surface area contributed by atoms with E-state index in [0.717, 1.165) is 49.0 Å². The summed E-state index contributed by atoms with van der Waals surface area (Å²) in [6, 6.07) is 15.3. The Labute approximate surface area is 207 Å². The summed E-state index contributed by atoms with van der Waals surface area (Å²) in [5.41, 5.74) is 8.32. The van der Waals surface area contributed by atoms with Crippen LogP contribution in [0.1, 0.15) is 61.9 Å². The van der Waals surface area contributed by atoms with Crippen LogP contribution in [-0.2, 0) is 22.8 Å². The second kappa shape index (κ2) is 9.55.